The Kier molecular flexibility index (Phi) is 2.21. The molecule has 0 bridgehead atoms. The first-order valence-corrected chi connectivity index (χ1v) is 3.31. The average molecular weight is 150 g/mol. The molecule has 0 fully saturated rings. The van der Waals surface area contributed by atoms with E-state index in [-0.39, 0.29) is 0 Å². The van der Waals surface area contributed by atoms with Gasteiger partial charge >= 0.3 is 6.41 Å². The highest BCUT2D eigenvalue weighted by Crippen LogP contribution is 2.04. The maximum absolute atomic E-state index is 10.1. The van der Waals surface area contributed by atoms with Crippen molar-refractivity contribution < 1.29 is 9.36 Å². The van der Waals surface area contributed by atoms with Gasteiger partial charge in [-0.15, -0.1) is 4.57 Å². The van der Waals surface area contributed by atoms with Crippen LogP contribution in [-0.2, 0) is 4.79 Å². The summed E-state index contributed by atoms with van der Waals surface area (Å²) in [5.74, 6) is 0. The number of pyridine rings is 1. The molecule has 0 aliphatic rings. The number of aromatic nitrogens is 1. The number of hydrogen-bond donors (Lipinski definition) is 0. The Morgan fingerprint density at radius 2 is 1.91 bits per heavy atom. The molecule has 1 aromatic rings. The summed E-state index contributed by atoms with van der Waals surface area (Å²) in [5, 5.41) is 0. The Labute approximate surface area is 65.9 Å². The van der Waals surface area contributed by atoms with Crippen LogP contribution in [-0.4, -0.2) is 20.5 Å². The van der Waals surface area contributed by atoms with E-state index in [0.29, 0.717) is 0 Å². The van der Waals surface area contributed by atoms with Gasteiger partial charge in [-0.2, -0.15) is 0 Å². The molecule has 0 aromatic carbocycles. The van der Waals surface area contributed by atoms with Crippen molar-refractivity contribution in [2.45, 2.75) is 0 Å². The average Bonchev–Trinajstić information content (AvgIpc) is 2.05. The van der Waals surface area contributed by atoms with E-state index >= 15 is 0 Å². The lowest BCUT2D eigenvalue weighted by Gasteiger charge is -2.09. The second-order valence-electron chi connectivity index (χ2n) is 2.45. The molecule has 0 spiro atoms. The van der Waals surface area contributed by atoms with Gasteiger partial charge in [-0.25, -0.2) is 4.79 Å². The van der Waals surface area contributed by atoms with Crippen molar-refractivity contribution in [2.75, 3.05) is 19.0 Å². The minimum atomic E-state index is 1.07. The lowest BCUT2D eigenvalue weighted by molar-refractivity contribution is -0.552. The van der Waals surface area contributed by atoms with Gasteiger partial charge in [-0.3, -0.25) is 0 Å². The molecular formula is C8H10N2O+. The van der Waals surface area contributed by atoms with E-state index < -0.39 is 0 Å². The molecule has 57 valence electrons. The minimum Gasteiger partial charge on any atom is -0.377 e. The second kappa shape index (κ2) is 3.14. The first kappa shape index (κ1) is 7.72. The fourth-order valence-electron chi connectivity index (χ4n) is 0.778. The summed E-state index contributed by atoms with van der Waals surface area (Å²) in [5.41, 5.74) is 1.07. The Hall–Kier alpha value is -1.38. The zero-order valence-electron chi connectivity index (χ0n) is 6.61. The Morgan fingerprint density at radius 1 is 1.36 bits per heavy atom. The molecule has 0 unspecified atom stereocenters. The van der Waals surface area contributed by atoms with Crippen molar-refractivity contribution in [3.8, 4) is 0 Å². The number of anilines is 1. The van der Waals surface area contributed by atoms with Crippen molar-refractivity contribution in [2.24, 2.45) is 0 Å². The van der Waals surface area contributed by atoms with Gasteiger partial charge in [0, 0.05) is 31.9 Å². The van der Waals surface area contributed by atoms with E-state index in [2.05, 4.69) is 0 Å². The predicted octanol–water partition coefficient (Wildman–Crippen LogP) is -0.0446. The van der Waals surface area contributed by atoms with Crippen molar-refractivity contribution >= 4 is 12.1 Å². The van der Waals surface area contributed by atoms with E-state index in [1.165, 1.54) is 4.57 Å². The lowest BCUT2D eigenvalue weighted by Crippen LogP contribution is -2.31. The van der Waals surface area contributed by atoms with Crippen LogP contribution in [0.25, 0.3) is 0 Å². The van der Waals surface area contributed by atoms with Crippen LogP contribution in [0.2, 0.25) is 0 Å². The van der Waals surface area contributed by atoms with Crippen molar-refractivity contribution in [3.05, 3.63) is 24.5 Å². The van der Waals surface area contributed by atoms with E-state index in [4.69, 9.17) is 0 Å². The first-order valence-electron chi connectivity index (χ1n) is 3.31. The van der Waals surface area contributed by atoms with Gasteiger partial charge in [0.1, 0.15) is 0 Å². The highest BCUT2D eigenvalue weighted by molar-refractivity contribution is 5.43. The molecule has 1 heterocycles. The Bertz CT molecular complexity index is 241. The van der Waals surface area contributed by atoms with Crippen LogP contribution in [0.1, 0.15) is 0 Å². The molecule has 0 saturated heterocycles. The molecule has 3 heteroatoms. The summed E-state index contributed by atoms with van der Waals surface area (Å²) in [6.07, 6.45) is 5.08. The third-order valence-electron chi connectivity index (χ3n) is 1.43. The van der Waals surface area contributed by atoms with E-state index in [1.807, 2.05) is 31.1 Å². The SMILES string of the molecule is CN(C)c1cc[n+]([C]=O)cc1. The molecule has 0 atom stereocenters. The van der Waals surface area contributed by atoms with E-state index in [0.717, 1.165) is 5.69 Å². The molecule has 3 nitrogen and oxygen atoms in total. The van der Waals surface area contributed by atoms with Gasteiger partial charge < -0.3 is 4.90 Å². The van der Waals surface area contributed by atoms with Crippen LogP contribution in [0.3, 0.4) is 0 Å². The van der Waals surface area contributed by atoms with Gasteiger partial charge in [-0.05, 0) is 0 Å². The Balaban J connectivity index is 2.91. The zero-order valence-corrected chi connectivity index (χ0v) is 6.61. The zero-order chi connectivity index (χ0) is 8.27. The third-order valence-corrected chi connectivity index (χ3v) is 1.43. The van der Waals surface area contributed by atoms with Crippen LogP contribution in [0.15, 0.2) is 24.5 Å². The van der Waals surface area contributed by atoms with Crippen molar-refractivity contribution in [1.82, 2.24) is 0 Å². The molecule has 11 heavy (non-hydrogen) atoms. The third kappa shape index (κ3) is 1.77. The van der Waals surface area contributed by atoms with Crippen molar-refractivity contribution in [1.29, 1.82) is 0 Å². The largest absolute Gasteiger partial charge is 0.534 e. The topological polar surface area (TPSA) is 24.2 Å². The molecule has 0 N–H and O–H groups in total. The molecular weight excluding hydrogens is 140 g/mol. The number of carbonyl (C=O) groups excluding carboxylic acids is 1. The highest BCUT2D eigenvalue weighted by Gasteiger charge is 2.00. The maximum Gasteiger partial charge on any atom is 0.534 e. The van der Waals surface area contributed by atoms with Crippen LogP contribution < -0.4 is 9.47 Å². The Morgan fingerprint density at radius 3 is 2.27 bits per heavy atom. The van der Waals surface area contributed by atoms with Gasteiger partial charge in [0.05, 0.1) is 0 Å². The van der Waals surface area contributed by atoms with Crippen molar-refractivity contribution in [3.63, 3.8) is 0 Å². The van der Waals surface area contributed by atoms with E-state index in [9.17, 15) is 4.79 Å². The predicted molar refractivity (Wildman–Crippen MR) is 42.1 cm³/mol. The number of nitrogens with zero attached hydrogens (tertiary/aromatic N) is 2. The standard InChI is InChI=1S/C8H10N2O/c1-9(2)8-3-5-10(7-11)6-4-8/h3-6H,1-2H3/q+1. The summed E-state index contributed by atoms with van der Waals surface area (Å²) < 4.78 is 1.34. The smallest absolute Gasteiger partial charge is 0.377 e. The number of rotatable bonds is 2. The summed E-state index contributed by atoms with van der Waals surface area (Å²) in [7, 11) is 3.90. The summed E-state index contributed by atoms with van der Waals surface area (Å²) >= 11 is 0. The summed E-state index contributed by atoms with van der Waals surface area (Å²) in [6.45, 7) is 0. The summed E-state index contributed by atoms with van der Waals surface area (Å²) in [4.78, 5) is 12.1. The summed E-state index contributed by atoms with van der Waals surface area (Å²) in [6, 6.07) is 3.70. The quantitative estimate of drug-likeness (QED) is 0.552. The number of hydrogen-bond acceptors (Lipinski definition) is 2. The van der Waals surface area contributed by atoms with Crippen LogP contribution in [0.5, 0.6) is 0 Å². The van der Waals surface area contributed by atoms with Crippen LogP contribution >= 0.6 is 0 Å². The molecule has 0 amide bonds. The molecule has 1 rings (SSSR count). The monoisotopic (exact) mass is 150 g/mol. The van der Waals surface area contributed by atoms with Crippen LogP contribution in [0.4, 0.5) is 5.69 Å². The van der Waals surface area contributed by atoms with Gasteiger partial charge in [0.2, 0.25) is 0 Å². The fourth-order valence-corrected chi connectivity index (χ4v) is 0.778. The fraction of sp³-hybridized carbons (Fsp3) is 0.250. The molecule has 0 aliphatic carbocycles. The highest BCUT2D eigenvalue weighted by atomic mass is 16.1. The van der Waals surface area contributed by atoms with E-state index in [1.54, 1.807) is 18.8 Å². The van der Waals surface area contributed by atoms with Crippen LogP contribution in [0, 0.1) is 0 Å². The molecule has 0 saturated carbocycles. The molecule has 1 aromatic heterocycles. The van der Waals surface area contributed by atoms with Gasteiger partial charge in [0.25, 0.3) is 0 Å². The molecule has 0 aliphatic heterocycles. The lowest BCUT2D eigenvalue weighted by atomic mass is 10.4. The minimum absolute atomic E-state index is 1.07. The van der Waals surface area contributed by atoms with Gasteiger partial charge in [-0.1, -0.05) is 0 Å². The second-order valence-corrected chi connectivity index (χ2v) is 2.45. The normalized spacial score (nSPS) is 9.27. The first-order chi connectivity index (χ1) is 5.24. The molecule has 1 radical (unpaired) electrons. The van der Waals surface area contributed by atoms with Gasteiger partial charge in [0.15, 0.2) is 12.4 Å². The maximum atomic E-state index is 10.1.